The van der Waals surface area contributed by atoms with Gasteiger partial charge in [0.05, 0.1) is 0 Å². The number of methoxy groups -OCH3 is 1. The van der Waals surface area contributed by atoms with Crippen LogP contribution in [0.5, 0.6) is 0 Å². The highest BCUT2D eigenvalue weighted by molar-refractivity contribution is 5.88. The van der Waals surface area contributed by atoms with E-state index in [9.17, 15) is 5.11 Å². The van der Waals surface area contributed by atoms with Gasteiger partial charge in [0.25, 0.3) is 0 Å². The van der Waals surface area contributed by atoms with Crippen molar-refractivity contribution in [2.24, 2.45) is 0 Å². The summed E-state index contributed by atoms with van der Waals surface area (Å²) in [5.74, 6) is -1.10. The molecule has 0 radical (unpaired) electrons. The zero-order valence-corrected chi connectivity index (χ0v) is 9.23. The molecule has 0 aliphatic heterocycles. The standard InChI is InChI=1S/C14H14O2/c1-16-14(15)9-8-11-7-6-10-4-2-3-5-12(10)13(11)14/h2-7,15H,8-9H2,1H3. The Kier molecular flexibility index (Phi) is 2.03. The first-order valence-electron chi connectivity index (χ1n) is 5.53. The first kappa shape index (κ1) is 9.82. The summed E-state index contributed by atoms with van der Waals surface area (Å²) < 4.78 is 5.29. The summed E-state index contributed by atoms with van der Waals surface area (Å²) in [5.41, 5.74) is 2.15. The molecule has 0 heterocycles. The van der Waals surface area contributed by atoms with Crippen LogP contribution < -0.4 is 0 Å². The second-order valence-electron chi connectivity index (χ2n) is 4.31. The Morgan fingerprint density at radius 2 is 2.00 bits per heavy atom. The van der Waals surface area contributed by atoms with Gasteiger partial charge in [-0.15, -0.1) is 0 Å². The smallest absolute Gasteiger partial charge is 0.193 e. The molecule has 2 nitrogen and oxygen atoms in total. The first-order valence-corrected chi connectivity index (χ1v) is 5.53. The van der Waals surface area contributed by atoms with Crippen molar-refractivity contribution >= 4 is 10.8 Å². The van der Waals surface area contributed by atoms with E-state index in [1.165, 1.54) is 5.56 Å². The van der Waals surface area contributed by atoms with Crippen LogP contribution in [0, 0.1) is 0 Å². The van der Waals surface area contributed by atoms with Crippen molar-refractivity contribution in [2.45, 2.75) is 18.6 Å². The van der Waals surface area contributed by atoms with Crippen molar-refractivity contribution in [1.29, 1.82) is 0 Å². The highest BCUT2D eigenvalue weighted by atomic mass is 16.6. The molecule has 82 valence electrons. The van der Waals surface area contributed by atoms with Gasteiger partial charge in [-0.2, -0.15) is 0 Å². The van der Waals surface area contributed by atoms with Crippen LogP contribution in [-0.2, 0) is 16.9 Å². The van der Waals surface area contributed by atoms with Crippen molar-refractivity contribution < 1.29 is 9.84 Å². The van der Waals surface area contributed by atoms with Crippen molar-refractivity contribution in [1.82, 2.24) is 0 Å². The monoisotopic (exact) mass is 214 g/mol. The molecule has 16 heavy (non-hydrogen) atoms. The first-order chi connectivity index (χ1) is 7.74. The zero-order chi connectivity index (χ0) is 11.2. The molecule has 0 fully saturated rings. The molecule has 1 N–H and O–H groups in total. The predicted molar refractivity (Wildman–Crippen MR) is 63.2 cm³/mol. The summed E-state index contributed by atoms with van der Waals surface area (Å²) in [6.07, 6.45) is 1.53. The molecule has 0 bridgehead atoms. The number of hydrogen-bond donors (Lipinski definition) is 1. The van der Waals surface area contributed by atoms with Gasteiger partial charge < -0.3 is 9.84 Å². The third-order valence-electron chi connectivity index (χ3n) is 3.48. The van der Waals surface area contributed by atoms with Gasteiger partial charge in [-0.25, -0.2) is 0 Å². The number of hydrogen-bond acceptors (Lipinski definition) is 2. The fraction of sp³-hybridized carbons (Fsp3) is 0.286. The Hall–Kier alpha value is -1.38. The quantitative estimate of drug-likeness (QED) is 0.739. The molecule has 1 atom stereocenters. The largest absolute Gasteiger partial charge is 0.362 e. The van der Waals surface area contributed by atoms with E-state index in [1.54, 1.807) is 7.11 Å². The van der Waals surface area contributed by atoms with Gasteiger partial charge in [0.15, 0.2) is 5.79 Å². The van der Waals surface area contributed by atoms with Gasteiger partial charge in [-0.3, -0.25) is 0 Å². The van der Waals surface area contributed by atoms with Crippen LogP contribution in [0.25, 0.3) is 10.8 Å². The second-order valence-corrected chi connectivity index (χ2v) is 4.31. The number of benzene rings is 2. The SMILES string of the molecule is COC1(O)CCc2ccc3ccccc3c21. The molecule has 0 saturated carbocycles. The van der Waals surface area contributed by atoms with Crippen molar-refractivity contribution in [2.75, 3.05) is 7.11 Å². The summed E-state index contributed by atoms with van der Waals surface area (Å²) in [6, 6.07) is 12.3. The predicted octanol–water partition coefficient (Wildman–Crippen LogP) is 2.58. The molecule has 2 heteroatoms. The van der Waals surface area contributed by atoms with Gasteiger partial charge >= 0.3 is 0 Å². The minimum absolute atomic E-state index is 0.646. The number of aryl methyl sites for hydroxylation is 1. The molecule has 0 aromatic heterocycles. The molecule has 0 amide bonds. The highest BCUT2D eigenvalue weighted by Gasteiger charge is 2.38. The molecule has 2 aromatic rings. The summed E-state index contributed by atoms with van der Waals surface area (Å²) in [4.78, 5) is 0. The molecule has 3 rings (SSSR count). The number of fused-ring (bicyclic) bond motifs is 3. The molecule has 1 unspecified atom stereocenters. The second kappa shape index (κ2) is 3.30. The Labute approximate surface area is 94.5 Å². The van der Waals surface area contributed by atoms with E-state index in [-0.39, 0.29) is 0 Å². The third kappa shape index (κ3) is 1.20. The minimum Gasteiger partial charge on any atom is -0.362 e. The molecule has 1 aliphatic rings. The number of aliphatic hydroxyl groups is 1. The van der Waals surface area contributed by atoms with E-state index in [0.29, 0.717) is 6.42 Å². The lowest BCUT2D eigenvalue weighted by Gasteiger charge is -2.23. The Morgan fingerprint density at radius 3 is 2.81 bits per heavy atom. The summed E-state index contributed by atoms with van der Waals surface area (Å²) in [5, 5.41) is 12.7. The van der Waals surface area contributed by atoms with Crippen LogP contribution in [0.4, 0.5) is 0 Å². The number of rotatable bonds is 1. The molecular formula is C14H14O2. The van der Waals surface area contributed by atoms with E-state index < -0.39 is 5.79 Å². The fourth-order valence-electron chi connectivity index (χ4n) is 2.62. The van der Waals surface area contributed by atoms with Crippen molar-refractivity contribution in [3.05, 3.63) is 47.5 Å². The van der Waals surface area contributed by atoms with Crippen LogP contribution in [0.2, 0.25) is 0 Å². The Bertz CT molecular complexity index is 547. The Balaban J connectivity index is 2.37. The maximum Gasteiger partial charge on any atom is 0.193 e. The third-order valence-corrected chi connectivity index (χ3v) is 3.48. The molecule has 1 aliphatic carbocycles. The topological polar surface area (TPSA) is 29.5 Å². The molecule has 0 spiro atoms. The van der Waals surface area contributed by atoms with Crippen LogP contribution >= 0.6 is 0 Å². The summed E-state index contributed by atoms with van der Waals surface area (Å²) in [6.45, 7) is 0. The lowest BCUT2D eigenvalue weighted by molar-refractivity contribution is -0.190. The van der Waals surface area contributed by atoms with E-state index in [4.69, 9.17) is 4.74 Å². The van der Waals surface area contributed by atoms with E-state index >= 15 is 0 Å². The average molecular weight is 214 g/mol. The highest BCUT2D eigenvalue weighted by Crippen LogP contribution is 2.41. The lowest BCUT2D eigenvalue weighted by atomic mass is 9.98. The van der Waals surface area contributed by atoms with Crippen molar-refractivity contribution in [3.8, 4) is 0 Å². The van der Waals surface area contributed by atoms with Gasteiger partial charge in [0.1, 0.15) is 0 Å². The molecular weight excluding hydrogens is 200 g/mol. The normalized spacial score (nSPS) is 23.6. The Morgan fingerprint density at radius 1 is 1.19 bits per heavy atom. The van der Waals surface area contributed by atoms with Gasteiger partial charge in [-0.05, 0) is 22.8 Å². The van der Waals surface area contributed by atoms with Gasteiger partial charge in [0.2, 0.25) is 0 Å². The van der Waals surface area contributed by atoms with E-state index in [0.717, 1.165) is 22.8 Å². The van der Waals surface area contributed by atoms with Crippen molar-refractivity contribution in [3.63, 3.8) is 0 Å². The van der Waals surface area contributed by atoms with Crippen LogP contribution in [0.3, 0.4) is 0 Å². The van der Waals surface area contributed by atoms with Crippen LogP contribution in [0.1, 0.15) is 17.5 Å². The summed E-state index contributed by atoms with van der Waals surface area (Å²) in [7, 11) is 1.57. The lowest BCUT2D eigenvalue weighted by Crippen LogP contribution is -2.24. The van der Waals surface area contributed by atoms with E-state index in [2.05, 4.69) is 18.2 Å². The molecule has 2 aromatic carbocycles. The van der Waals surface area contributed by atoms with Gasteiger partial charge in [0, 0.05) is 19.1 Å². The summed E-state index contributed by atoms with van der Waals surface area (Å²) >= 11 is 0. The minimum atomic E-state index is -1.10. The van der Waals surface area contributed by atoms with E-state index in [1.807, 2.05) is 18.2 Å². The van der Waals surface area contributed by atoms with Gasteiger partial charge in [-0.1, -0.05) is 36.4 Å². The molecule has 0 saturated heterocycles. The average Bonchev–Trinajstić information content (AvgIpc) is 2.68. The van der Waals surface area contributed by atoms with Crippen LogP contribution in [0.15, 0.2) is 36.4 Å². The number of ether oxygens (including phenoxy) is 1. The zero-order valence-electron chi connectivity index (χ0n) is 9.23. The van der Waals surface area contributed by atoms with Crippen LogP contribution in [-0.4, -0.2) is 12.2 Å². The maximum absolute atomic E-state index is 10.4. The fourth-order valence-corrected chi connectivity index (χ4v) is 2.62. The maximum atomic E-state index is 10.4.